The molecule has 3 N–H and O–H groups in total. The molecule has 0 spiro atoms. The molecule has 0 unspecified atom stereocenters. The summed E-state index contributed by atoms with van der Waals surface area (Å²) in [5.41, 5.74) is -2.32. The van der Waals surface area contributed by atoms with Crippen molar-refractivity contribution >= 4 is 24.1 Å². The number of carboxylic acids is 1. The van der Waals surface area contributed by atoms with Crippen LogP contribution in [0.5, 0.6) is 0 Å². The van der Waals surface area contributed by atoms with E-state index in [9.17, 15) is 19.2 Å². The topological polar surface area (TPSA) is 140 Å². The van der Waals surface area contributed by atoms with Crippen LogP contribution >= 0.6 is 0 Å². The summed E-state index contributed by atoms with van der Waals surface area (Å²) in [6, 6.07) is 0. The van der Waals surface area contributed by atoms with E-state index < -0.39 is 40.2 Å². The van der Waals surface area contributed by atoms with Gasteiger partial charge in [-0.1, -0.05) is 0 Å². The Morgan fingerprint density at radius 3 is 1.39 bits per heavy atom. The fourth-order valence-corrected chi connectivity index (χ4v) is 2.55. The molecule has 0 atom stereocenters. The van der Waals surface area contributed by atoms with E-state index in [2.05, 4.69) is 15.4 Å². The third kappa shape index (κ3) is 9.44. The molecule has 0 aliphatic heterocycles. The predicted octanol–water partition coefficient (Wildman–Crippen LogP) is 2.84. The molecule has 0 saturated heterocycles. The highest BCUT2D eigenvalue weighted by Crippen LogP contribution is 2.46. The molecule has 2 rings (SSSR count). The van der Waals surface area contributed by atoms with E-state index in [1.807, 2.05) is 0 Å². The van der Waals surface area contributed by atoms with E-state index in [1.54, 1.807) is 41.5 Å². The summed E-state index contributed by atoms with van der Waals surface area (Å²) in [6.07, 6.45) is 1.71. The second kappa shape index (κ2) is 9.74. The third-order valence-electron chi connectivity index (χ3n) is 4.72. The van der Waals surface area contributed by atoms with Gasteiger partial charge in [-0.05, 0) is 67.2 Å². The summed E-state index contributed by atoms with van der Waals surface area (Å²) < 4.78 is 14.7. The molecule has 31 heavy (non-hydrogen) atoms. The first-order valence-electron chi connectivity index (χ1n) is 10.3. The minimum Gasteiger partial charge on any atom is -0.481 e. The summed E-state index contributed by atoms with van der Waals surface area (Å²) in [5, 5.41) is 13.9. The zero-order valence-corrected chi connectivity index (χ0v) is 19.5. The lowest BCUT2D eigenvalue weighted by Gasteiger charge is -2.21. The zero-order chi connectivity index (χ0) is 24.1. The normalized spacial score (nSPS) is 17.8. The molecule has 2 amide bonds. The van der Waals surface area contributed by atoms with Crippen LogP contribution in [0.3, 0.4) is 0 Å². The number of carbonyl (C=O) groups excluding carboxylic acids is 3. The molecule has 10 nitrogen and oxygen atoms in total. The minimum atomic E-state index is -0.849. The van der Waals surface area contributed by atoms with Gasteiger partial charge in [0, 0.05) is 13.1 Å². The van der Waals surface area contributed by atoms with Crippen molar-refractivity contribution in [1.29, 1.82) is 0 Å². The van der Waals surface area contributed by atoms with Crippen LogP contribution in [0.4, 0.5) is 9.59 Å². The molecule has 2 saturated carbocycles. The highest BCUT2D eigenvalue weighted by molar-refractivity contribution is 5.81. The zero-order valence-electron chi connectivity index (χ0n) is 19.5. The first-order chi connectivity index (χ1) is 14.0. The Bertz CT molecular complexity index is 682. The average Bonchev–Trinajstić information content (AvgIpc) is 3.50. The van der Waals surface area contributed by atoms with E-state index in [4.69, 9.17) is 14.6 Å². The molecular weight excluding hydrogens is 408 g/mol. The maximum atomic E-state index is 11.4. The van der Waals surface area contributed by atoms with Crippen molar-refractivity contribution in [2.75, 3.05) is 20.2 Å². The molecular formula is C21H36N2O8. The van der Waals surface area contributed by atoms with E-state index in [1.165, 1.54) is 7.11 Å². The second-order valence-electron chi connectivity index (χ2n) is 10.1. The SMILES string of the molecule is CC(C)(C)OC(=O)NCC1(C(=O)O)CC1.COC(=O)C1(CNC(=O)OC(C)(C)C)CC1. The number of rotatable bonds is 6. The predicted molar refractivity (Wildman–Crippen MR) is 111 cm³/mol. The van der Waals surface area contributed by atoms with Crippen LogP contribution in [0.1, 0.15) is 67.2 Å². The maximum absolute atomic E-state index is 11.4. The number of ether oxygens (including phenoxy) is 3. The highest BCUT2D eigenvalue weighted by Gasteiger charge is 2.51. The Morgan fingerprint density at radius 1 is 0.774 bits per heavy atom. The maximum Gasteiger partial charge on any atom is 0.407 e. The smallest absolute Gasteiger partial charge is 0.407 e. The van der Waals surface area contributed by atoms with Crippen molar-refractivity contribution in [2.24, 2.45) is 10.8 Å². The molecule has 178 valence electrons. The lowest BCUT2D eigenvalue weighted by molar-refractivity contribution is -0.147. The van der Waals surface area contributed by atoms with E-state index >= 15 is 0 Å². The third-order valence-corrected chi connectivity index (χ3v) is 4.72. The number of aliphatic carboxylic acids is 1. The lowest BCUT2D eigenvalue weighted by atomic mass is 10.1. The molecule has 0 bridgehead atoms. The molecule has 2 aliphatic carbocycles. The van der Waals surface area contributed by atoms with Gasteiger partial charge in [-0.3, -0.25) is 9.59 Å². The van der Waals surface area contributed by atoms with Crippen molar-refractivity contribution in [3.63, 3.8) is 0 Å². The minimum absolute atomic E-state index is 0.150. The Morgan fingerprint density at radius 2 is 1.13 bits per heavy atom. The molecule has 2 aliphatic rings. The van der Waals surface area contributed by atoms with Gasteiger partial charge < -0.3 is 30.0 Å². The molecule has 10 heteroatoms. The van der Waals surface area contributed by atoms with E-state index in [0.717, 1.165) is 12.8 Å². The number of hydrogen-bond donors (Lipinski definition) is 3. The molecule has 0 aromatic carbocycles. The number of methoxy groups -OCH3 is 1. The molecule has 0 radical (unpaired) electrons. The van der Waals surface area contributed by atoms with Crippen molar-refractivity contribution in [3.05, 3.63) is 0 Å². The standard InChI is InChI=1S/C11H19NO4.C10H17NO4/c1-10(2,3)16-9(14)12-7-11(5-6-11)8(13)15-4;1-9(2,3)15-8(14)11-6-10(4-5-10)7(12)13/h5-7H2,1-4H3,(H,12,14);4-6H2,1-3H3,(H,11,14)(H,12,13). The van der Waals surface area contributed by atoms with Crippen LogP contribution in [0.2, 0.25) is 0 Å². The van der Waals surface area contributed by atoms with E-state index in [0.29, 0.717) is 12.8 Å². The van der Waals surface area contributed by atoms with Gasteiger partial charge in [0.1, 0.15) is 11.2 Å². The van der Waals surface area contributed by atoms with Gasteiger partial charge in [0.25, 0.3) is 0 Å². The van der Waals surface area contributed by atoms with Gasteiger partial charge >= 0.3 is 24.1 Å². The Hall–Kier alpha value is -2.52. The van der Waals surface area contributed by atoms with Crippen molar-refractivity contribution in [2.45, 2.75) is 78.4 Å². The number of carbonyl (C=O) groups is 4. The van der Waals surface area contributed by atoms with Crippen LogP contribution in [0.25, 0.3) is 0 Å². The number of alkyl carbamates (subject to hydrolysis) is 2. The fourth-order valence-electron chi connectivity index (χ4n) is 2.55. The number of esters is 1. The highest BCUT2D eigenvalue weighted by atomic mass is 16.6. The number of nitrogens with one attached hydrogen (secondary N) is 2. The van der Waals surface area contributed by atoms with E-state index in [-0.39, 0.29) is 19.1 Å². The van der Waals surface area contributed by atoms with Crippen molar-refractivity contribution in [3.8, 4) is 0 Å². The fraction of sp³-hybridized carbons (Fsp3) is 0.810. The summed E-state index contributed by atoms with van der Waals surface area (Å²) in [6.45, 7) is 11.1. The molecule has 2 fully saturated rings. The summed E-state index contributed by atoms with van der Waals surface area (Å²) in [4.78, 5) is 44.8. The van der Waals surface area contributed by atoms with Gasteiger partial charge in [-0.15, -0.1) is 0 Å². The van der Waals surface area contributed by atoms with Gasteiger partial charge in [0.15, 0.2) is 0 Å². The van der Waals surface area contributed by atoms with Crippen LogP contribution < -0.4 is 10.6 Å². The Balaban J connectivity index is 0.000000311. The van der Waals surface area contributed by atoms with Crippen LogP contribution in [0, 0.1) is 10.8 Å². The van der Waals surface area contributed by atoms with Crippen LogP contribution in [-0.4, -0.2) is 60.6 Å². The monoisotopic (exact) mass is 444 g/mol. The van der Waals surface area contributed by atoms with Crippen molar-refractivity contribution < 1.29 is 38.5 Å². The van der Waals surface area contributed by atoms with Crippen LogP contribution in [-0.2, 0) is 23.8 Å². The number of hydrogen-bond acceptors (Lipinski definition) is 7. The first-order valence-corrected chi connectivity index (χ1v) is 10.3. The second-order valence-corrected chi connectivity index (χ2v) is 10.1. The summed E-state index contributed by atoms with van der Waals surface area (Å²) in [7, 11) is 1.36. The van der Waals surface area contributed by atoms with Gasteiger partial charge in [-0.25, -0.2) is 9.59 Å². The molecule has 0 heterocycles. The average molecular weight is 445 g/mol. The van der Waals surface area contributed by atoms with Crippen LogP contribution in [0.15, 0.2) is 0 Å². The first kappa shape index (κ1) is 26.5. The van der Waals surface area contributed by atoms with Gasteiger partial charge in [0.2, 0.25) is 0 Å². The molecule has 0 aromatic heterocycles. The quantitative estimate of drug-likeness (QED) is 0.420. The van der Waals surface area contributed by atoms with Gasteiger partial charge in [-0.2, -0.15) is 0 Å². The largest absolute Gasteiger partial charge is 0.481 e. The van der Waals surface area contributed by atoms with Crippen molar-refractivity contribution in [1.82, 2.24) is 10.6 Å². The summed E-state index contributed by atoms with van der Waals surface area (Å²) >= 11 is 0. The number of amides is 2. The number of carboxylic acid groups (broad SMARTS) is 1. The molecule has 0 aromatic rings. The summed E-state index contributed by atoms with van der Waals surface area (Å²) in [5.74, 6) is -1.11. The lowest BCUT2D eigenvalue weighted by Crippen LogP contribution is -2.38. The van der Waals surface area contributed by atoms with Gasteiger partial charge in [0.05, 0.1) is 17.9 Å². The Labute approximate surface area is 183 Å². The Kier molecular flexibility index (Phi) is 8.33.